The molecular formula is C13H17NaO4. The van der Waals surface area contributed by atoms with E-state index < -0.39 is 23.3 Å². The number of carboxylic acids is 2. The van der Waals surface area contributed by atoms with Crippen LogP contribution in [0.25, 0.3) is 0 Å². The topological polar surface area (TPSA) is 74.6 Å². The van der Waals surface area contributed by atoms with E-state index in [2.05, 4.69) is 0 Å². The van der Waals surface area contributed by atoms with Crippen molar-refractivity contribution < 1.29 is 50.8 Å². The first-order valence-corrected chi connectivity index (χ1v) is 5.42. The van der Waals surface area contributed by atoms with Crippen molar-refractivity contribution in [1.82, 2.24) is 0 Å². The number of carbonyl (C=O) groups is 2. The van der Waals surface area contributed by atoms with Gasteiger partial charge < -0.3 is 11.6 Å². The maximum atomic E-state index is 11.3. The average molecular weight is 260 g/mol. The largest absolute Gasteiger partial charge is 1.00 e. The van der Waals surface area contributed by atoms with Crippen molar-refractivity contribution in [1.29, 1.82) is 0 Å². The fourth-order valence-electron chi connectivity index (χ4n) is 1.86. The van der Waals surface area contributed by atoms with Crippen LogP contribution in [0.2, 0.25) is 0 Å². The Bertz CT molecular complexity index is 406. The van der Waals surface area contributed by atoms with Gasteiger partial charge in [-0.1, -0.05) is 44.2 Å². The van der Waals surface area contributed by atoms with Gasteiger partial charge in [-0.05, 0) is 17.9 Å². The van der Waals surface area contributed by atoms with E-state index in [4.69, 9.17) is 0 Å². The zero-order valence-corrected chi connectivity index (χ0v) is 12.9. The van der Waals surface area contributed by atoms with E-state index in [9.17, 15) is 19.8 Å². The molecule has 0 radical (unpaired) electrons. The molecule has 0 heterocycles. The van der Waals surface area contributed by atoms with Crippen LogP contribution in [0.4, 0.5) is 0 Å². The normalized spacial score (nSPS) is 10.8. The van der Waals surface area contributed by atoms with Gasteiger partial charge in [-0.15, -0.1) is 0 Å². The van der Waals surface area contributed by atoms with Crippen LogP contribution in [0.5, 0.6) is 0 Å². The second-order valence-corrected chi connectivity index (χ2v) is 4.40. The summed E-state index contributed by atoms with van der Waals surface area (Å²) in [5.74, 6) is -3.06. The summed E-state index contributed by atoms with van der Waals surface area (Å²) >= 11 is 0. The Morgan fingerprint density at radius 3 is 1.94 bits per heavy atom. The number of hydrogen-bond donors (Lipinski definition) is 2. The molecule has 0 aliphatic rings. The Balaban J connectivity index is 0. The average Bonchev–Trinajstić information content (AvgIpc) is 2.25. The van der Waals surface area contributed by atoms with E-state index in [1.807, 2.05) is 6.07 Å². The third-order valence-electron chi connectivity index (χ3n) is 3.07. The zero-order valence-electron chi connectivity index (χ0n) is 11.9. The quantitative estimate of drug-likeness (QED) is 0.534. The third kappa shape index (κ3) is 3.34. The Hall–Kier alpha value is -0.840. The molecule has 18 heavy (non-hydrogen) atoms. The molecule has 2 N–H and O–H groups in total. The van der Waals surface area contributed by atoms with Gasteiger partial charge in [-0.2, -0.15) is 0 Å². The molecule has 0 aromatic heterocycles. The number of rotatable bonds is 5. The van der Waals surface area contributed by atoms with Gasteiger partial charge in [-0.3, -0.25) is 9.59 Å². The van der Waals surface area contributed by atoms with Gasteiger partial charge in [0, 0.05) is 0 Å². The second kappa shape index (κ2) is 6.92. The summed E-state index contributed by atoms with van der Waals surface area (Å²) in [6.07, 6.45) is -0.00380. The van der Waals surface area contributed by atoms with Crippen molar-refractivity contribution in [3.8, 4) is 0 Å². The van der Waals surface area contributed by atoms with E-state index in [1.54, 1.807) is 38.1 Å². The summed E-state index contributed by atoms with van der Waals surface area (Å²) in [6, 6.07) is 8.82. The van der Waals surface area contributed by atoms with Crippen LogP contribution in [0.1, 0.15) is 20.8 Å². The summed E-state index contributed by atoms with van der Waals surface area (Å²) in [4.78, 5) is 22.7. The van der Waals surface area contributed by atoms with Crippen LogP contribution in [0.3, 0.4) is 0 Å². The molecule has 1 aromatic rings. The molecule has 1 rings (SSSR count). The molecule has 0 spiro atoms. The Morgan fingerprint density at radius 1 is 1.17 bits per heavy atom. The summed E-state index contributed by atoms with van der Waals surface area (Å²) in [5.41, 5.74) is -1.05. The minimum absolute atomic E-state index is 0. The Morgan fingerprint density at radius 2 is 1.61 bits per heavy atom. The van der Waals surface area contributed by atoms with Crippen LogP contribution in [0.15, 0.2) is 30.3 Å². The van der Waals surface area contributed by atoms with Crippen LogP contribution in [-0.2, 0) is 16.0 Å². The van der Waals surface area contributed by atoms with Gasteiger partial charge in [-0.25, -0.2) is 0 Å². The zero-order chi connectivity index (χ0) is 13.1. The first kappa shape index (κ1) is 17.2. The van der Waals surface area contributed by atoms with Gasteiger partial charge in [0.25, 0.3) is 0 Å². The van der Waals surface area contributed by atoms with E-state index in [1.165, 1.54) is 0 Å². The molecule has 4 nitrogen and oxygen atoms in total. The molecule has 0 saturated heterocycles. The molecule has 0 unspecified atom stereocenters. The predicted molar refractivity (Wildman–Crippen MR) is 63.8 cm³/mol. The summed E-state index contributed by atoms with van der Waals surface area (Å²) in [5, 5.41) is 18.5. The SMILES string of the molecule is CC(C)C(Cc1ccccc1)(C(=O)O)C(=O)O.[H-].[Na+]. The van der Waals surface area contributed by atoms with Gasteiger partial charge in [0.2, 0.25) is 0 Å². The molecule has 1 aromatic carbocycles. The van der Waals surface area contributed by atoms with E-state index in [-0.39, 0.29) is 37.4 Å². The first-order valence-electron chi connectivity index (χ1n) is 5.42. The van der Waals surface area contributed by atoms with E-state index in [0.29, 0.717) is 5.56 Å². The third-order valence-corrected chi connectivity index (χ3v) is 3.07. The Kier molecular flexibility index (Phi) is 6.60. The summed E-state index contributed by atoms with van der Waals surface area (Å²) in [6.45, 7) is 3.23. The van der Waals surface area contributed by atoms with Crippen LogP contribution in [0, 0.1) is 11.3 Å². The molecule has 0 amide bonds. The van der Waals surface area contributed by atoms with E-state index >= 15 is 0 Å². The number of aliphatic carboxylic acids is 2. The smallest absolute Gasteiger partial charge is 1.00 e. The fraction of sp³-hybridized carbons (Fsp3) is 0.385. The molecule has 94 valence electrons. The van der Waals surface area contributed by atoms with Gasteiger partial charge in [0.1, 0.15) is 0 Å². The molecule has 0 aliphatic heterocycles. The number of hydrogen-bond acceptors (Lipinski definition) is 2. The van der Waals surface area contributed by atoms with Crippen LogP contribution in [-0.4, -0.2) is 22.2 Å². The summed E-state index contributed by atoms with van der Waals surface area (Å²) < 4.78 is 0. The minimum atomic E-state index is -1.76. The molecule has 0 fully saturated rings. The molecule has 0 atom stereocenters. The maximum Gasteiger partial charge on any atom is 1.00 e. The molecule has 0 saturated carbocycles. The van der Waals surface area contributed by atoms with Crippen molar-refractivity contribution in [3.63, 3.8) is 0 Å². The number of benzene rings is 1. The minimum Gasteiger partial charge on any atom is -1.00 e. The van der Waals surface area contributed by atoms with Crippen molar-refractivity contribution >= 4 is 11.9 Å². The molecule has 0 bridgehead atoms. The van der Waals surface area contributed by atoms with Gasteiger partial charge in [0.05, 0.1) is 0 Å². The van der Waals surface area contributed by atoms with Crippen LogP contribution >= 0.6 is 0 Å². The molecule has 5 heteroatoms. The monoisotopic (exact) mass is 260 g/mol. The van der Waals surface area contributed by atoms with Crippen molar-refractivity contribution in [2.45, 2.75) is 20.3 Å². The predicted octanol–water partition coefficient (Wildman–Crippen LogP) is -0.843. The van der Waals surface area contributed by atoms with Crippen molar-refractivity contribution in [2.75, 3.05) is 0 Å². The van der Waals surface area contributed by atoms with Gasteiger partial charge in [0.15, 0.2) is 5.41 Å². The number of carboxylic acid groups (broad SMARTS) is 2. The standard InChI is InChI=1S/C13H16O4.Na.H/c1-9(2)13(11(14)15,12(16)17)8-10-6-4-3-5-7-10;;/h3-7,9H,8H2,1-2H3,(H,14,15)(H,16,17);;/q;+1;-1. The fourth-order valence-corrected chi connectivity index (χ4v) is 1.86. The van der Waals surface area contributed by atoms with Gasteiger partial charge >= 0.3 is 41.5 Å². The molecule has 0 aliphatic carbocycles. The van der Waals surface area contributed by atoms with Crippen molar-refractivity contribution in [2.24, 2.45) is 11.3 Å². The summed E-state index contributed by atoms with van der Waals surface area (Å²) in [7, 11) is 0. The first-order chi connectivity index (χ1) is 7.91. The van der Waals surface area contributed by atoms with Crippen LogP contribution < -0.4 is 29.6 Å². The molecular weight excluding hydrogens is 243 g/mol. The van der Waals surface area contributed by atoms with Crippen molar-refractivity contribution in [3.05, 3.63) is 35.9 Å². The second-order valence-electron chi connectivity index (χ2n) is 4.40. The Labute approximate surface area is 130 Å². The van der Waals surface area contributed by atoms with E-state index in [0.717, 1.165) is 0 Å². The maximum absolute atomic E-state index is 11.3.